The summed E-state index contributed by atoms with van der Waals surface area (Å²) in [5.74, 6) is 0.852. The van der Waals surface area contributed by atoms with Crippen molar-refractivity contribution in [2.24, 2.45) is 0 Å². The molecule has 1 aromatic carbocycles. The van der Waals surface area contributed by atoms with Crippen molar-refractivity contribution in [3.63, 3.8) is 0 Å². The zero-order chi connectivity index (χ0) is 15.9. The summed E-state index contributed by atoms with van der Waals surface area (Å²) in [7, 11) is 1.52. The number of carbonyl (C=O) groups is 1. The van der Waals surface area contributed by atoms with Gasteiger partial charge < -0.3 is 14.8 Å². The number of nitrogens with one attached hydrogen (secondary N) is 1. The molecule has 5 nitrogen and oxygen atoms in total. The molecule has 1 aromatic rings. The van der Waals surface area contributed by atoms with Crippen LogP contribution in [0.2, 0.25) is 0 Å². The van der Waals surface area contributed by atoms with E-state index in [9.17, 15) is 4.79 Å². The third-order valence-corrected chi connectivity index (χ3v) is 2.41. The van der Waals surface area contributed by atoms with Crippen molar-refractivity contribution in [3.05, 3.63) is 29.8 Å². The van der Waals surface area contributed by atoms with Gasteiger partial charge in [-0.2, -0.15) is 5.26 Å². The van der Waals surface area contributed by atoms with Crippen molar-refractivity contribution in [2.75, 3.05) is 13.7 Å². The first-order valence-electron chi connectivity index (χ1n) is 6.54. The highest BCUT2D eigenvalue weighted by atomic mass is 16.5. The first-order valence-corrected chi connectivity index (χ1v) is 6.54. The maximum Gasteiger partial charge on any atom is 0.244 e. The van der Waals surface area contributed by atoms with Crippen LogP contribution in [0.5, 0.6) is 11.5 Å². The number of methoxy groups -OCH3 is 1. The summed E-state index contributed by atoms with van der Waals surface area (Å²) in [4.78, 5) is 11.7. The average Bonchev–Trinajstić information content (AvgIpc) is 2.41. The summed E-state index contributed by atoms with van der Waals surface area (Å²) < 4.78 is 10.4. The molecule has 0 aliphatic rings. The fourth-order valence-electron chi connectivity index (χ4n) is 1.60. The Morgan fingerprint density at radius 2 is 2.10 bits per heavy atom. The maximum atomic E-state index is 11.7. The standard InChI is InChI=1S/C16H20N2O3/c1-16(2,3)18-15(19)8-6-12-5-7-13(21-10-9-17)14(11-12)20-4/h5-8,11H,10H2,1-4H3,(H,18,19). The van der Waals surface area contributed by atoms with Gasteiger partial charge in [-0.25, -0.2) is 0 Å². The number of nitrogens with zero attached hydrogens (tertiary/aromatic N) is 1. The van der Waals surface area contributed by atoms with Crippen LogP contribution in [-0.2, 0) is 4.79 Å². The maximum absolute atomic E-state index is 11.7. The SMILES string of the molecule is COc1cc(C=CC(=O)NC(C)(C)C)ccc1OCC#N. The number of rotatable bonds is 5. The van der Waals surface area contributed by atoms with Gasteiger partial charge in [-0.1, -0.05) is 6.07 Å². The van der Waals surface area contributed by atoms with Crippen LogP contribution < -0.4 is 14.8 Å². The highest BCUT2D eigenvalue weighted by Crippen LogP contribution is 2.28. The zero-order valence-corrected chi connectivity index (χ0v) is 12.8. The number of hydrogen-bond acceptors (Lipinski definition) is 4. The molecular weight excluding hydrogens is 268 g/mol. The molecule has 0 fully saturated rings. The molecule has 5 heteroatoms. The number of nitriles is 1. The average molecular weight is 288 g/mol. The molecule has 0 bridgehead atoms. The third-order valence-electron chi connectivity index (χ3n) is 2.41. The van der Waals surface area contributed by atoms with Crippen LogP contribution in [0.4, 0.5) is 0 Å². The first kappa shape index (κ1) is 16.6. The van der Waals surface area contributed by atoms with Crippen molar-refractivity contribution in [3.8, 4) is 17.6 Å². The molecule has 0 saturated carbocycles. The van der Waals surface area contributed by atoms with Gasteiger partial charge in [0.05, 0.1) is 7.11 Å². The highest BCUT2D eigenvalue weighted by Gasteiger charge is 2.11. The van der Waals surface area contributed by atoms with Crippen molar-refractivity contribution in [1.29, 1.82) is 5.26 Å². The molecule has 1 amide bonds. The third kappa shape index (κ3) is 6.00. The second kappa shape index (κ2) is 7.34. The van der Waals surface area contributed by atoms with E-state index in [0.717, 1.165) is 5.56 Å². The topological polar surface area (TPSA) is 71.3 Å². The number of amides is 1. The molecule has 0 saturated heterocycles. The van der Waals surface area contributed by atoms with E-state index in [2.05, 4.69) is 5.32 Å². The lowest BCUT2D eigenvalue weighted by atomic mass is 10.1. The number of ether oxygens (including phenoxy) is 2. The molecule has 0 heterocycles. The molecule has 21 heavy (non-hydrogen) atoms. The predicted molar refractivity (Wildman–Crippen MR) is 81.0 cm³/mol. The molecule has 112 valence electrons. The van der Waals surface area contributed by atoms with Gasteiger partial charge in [0.2, 0.25) is 5.91 Å². The fraction of sp³-hybridized carbons (Fsp3) is 0.375. The quantitative estimate of drug-likeness (QED) is 0.845. The van der Waals surface area contributed by atoms with Crippen molar-refractivity contribution < 1.29 is 14.3 Å². The van der Waals surface area contributed by atoms with Gasteiger partial charge in [-0.3, -0.25) is 4.79 Å². The van der Waals surface area contributed by atoms with E-state index in [1.54, 1.807) is 24.3 Å². The van der Waals surface area contributed by atoms with E-state index >= 15 is 0 Å². The Bertz CT molecular complexity index is 566. The largest absolute Gasteiger partial charge is 0.493 e. The minimum Gasteiger partial charge on any atom is -0.493 e. The van der Waals surface area contributed by atoms with E-state index in [0.29, 0.717) is 11.5 Å². The van der Waals surface area contributed by atoms with Gasteiger partial charge in [0.25, 0.3) is 0 Å². The second-order valence-electron chi connectivity index (χ2n) is 5.43. The molecule has 0 unspecified atom stereocenters. The smallest absolute Gasteiger partial charge is 0.244 e. The van der Waals surface area contributed by atoms with Gasteiger partial charge >= 0.3 is 0 Å². The van der Waals surface area contributed by atoms with Gasteiger partial charge in [-0.15, -0.1) is 0 Å². The summed E-state index contributed by atoms with van der Waals surface area (Å²) >= 11 is 0. The van der Waals surface area contributed by atoms with Crippen LogP contribution in [0.1, 0.15) is 26.3 Å². The van der Waals surface area contributed by atoms with Crippen LogP contribution in [0.25, 0.3) is 6.08 Å². The lowest BCUT2D eigenvalue weighted by Crippen LogP contribution is -2.39. The first-order chi connectivity index (χ1) is 9.85. The van der Waals surface area contributed by atoms with E-state index < -0.39 is 0 Å². The normalized spacial score (nSPS) is 11.0. The van der Waals surface area contributed by atoms with Gasteiger partial charge in [0.1, 0.15) is 6.07 Å². The predicted octanol–water partition coefficient (Wildman–Crippen LogP) is 2.53. The molecule has 0 aliphatic heterocycles. The molecule has 0 atom stereocenters. The fourth-order valence-corrected chi connectivity index (χ4v) is 1.60. The van der Waals surface area contributed by atoms with E-state index in [4.69, 9.17) is 14.7 Å². The second-order valence-corrected chi connectivity index (χ2v) is 5.43. The molecule has 0 aromatic heterocycles. The molecular formula is C16H20N2O3. The molecule has 0 spiro atoms. The molecule has 1 rings (SSSR count). The number of benzene rings is 1. The van der Waals surface area contributed by atoms with Crippen LogP contribution in [0.15, 0.2) is 24.3 Å². The Morgan fingerprint density at radius 1 is 1.38 bits per heavy atom. The lowest BCUT2D eigenvalue weighted by molar-refractivity contribution is -0.117. The molecule has 1 N–H and O–H groups in total. The van der Waals surface area contributed by atoms with Crippen LogP contribution >= 0.6 is 0 Å². The Balaban J connectivity index is 2.81. The summed E-state index contributed by atoms with van der Waals surface area (Å²) in [5, 5.41) is 11.4. The van der Waals surface area contributed by atoms with Gasteiger partial charge in [0, 0.05) is 11.6 Å². The van der Waals surface area contributed by atoms with Crippen molar-refractivity contribution >= 4 is 12.0 Å². The number of hydrogen-bond donors (Lipinski definition) is 1. The van der Waals surface area contributed by atoms with Crippen LogP contribution in [0, 0.1) is 11.3 Å². The Labute approximate surface area is 125 Å². The molecule has 0 radical (unpaired) electrons. The number of carbonyl (C=O) groups excluding carboxylic acids is 1. The van der Waals surface area contributed by atoms with Gasteiger partial charge in [-0.05, 0) is 44.5 Å². The Hall–Kier alpha value is -2.48. The van der Waals surface area contributed by atoms with Crippen LogP contribution in [-0.4, -0.2) is 25.2 Å². The van der Waals surface area contributed by atoms with E-state index in [1.165, 1.54) is 13.2 Å². The van der Waals surface area contributed by atoms with Gasteiger partial charge in [0.15, 0.2) is 18.1 Å². The van der Waals surface area contributed by atoms with Crippen molar-refractivity contribution in [1.82, 2.24) is 5.32 Å². The summed E-state index contributed by atoms with van der Waals surface area (Å²) in [6.07, 6.45) is 3.16. The summed E-state index contributed by atoms with van der Waals surface area (Å²) in [6.45, 7) is 5.72. The Kier molecular flexibility index (Phi) is 5.79. The van der Waals surface area contributed by atoms with E-state index in [-0.39, 0.29) is 18.1 Å². The summed E-state index contributed by atoms with van der Waals surface area (Å²) in [6, 6.07) is 7.14. The summed E-state index contributed by atoms with van der Waals surface area (Å²) in [5.41, 5.74) is 0.536. The van der Waals surface area contributed by atoms with Crippen molar-refractivity contribution in [2.45, 2.75) is 26.3 Å². The lowest BCUT2D eigenvalue weighted by Gasteiger charge is -2.18. The zero-order valence-electron chi connectivity index (χ0n) is 12.8. The van der Waals surface area contributed by atoms with Crippen LogP contribution in [0.3, 0.4) is 0 Å². The minimum atomic E-state index is -0.270. The molecule has 0 aliphatic carbocycles. The monoisotopic (exact) mass is 288 g/mol. The van der Waals surface area contributed by atoms with E-state index in [1.807, 2.05) is 26.8 Å². The Morgan fingerprint density at radius 3 is 2.67 bits per heavy atom. The highest BCUT2D eigenvalue weighted by molar-refractivity contribution is 5.92. The minimum absolute atomic E-state index is 0.0421.